The molecular weight excluding hydrogens is 310 g/mol. The van der Waals surface area contributed by atoms with Crippen LogP contribution in [0, 0.1) is 5.41 Å². The molecule has 6 heteroatoms. The number of thioether (sulfide) groups is 1. The Kier molecular flexibility index (Phi) is 5.53. The zero-order valence-electron chi connectivity index (χ0n) is 11.6. The summed E-state index contributed by atoms with van der Waals surface area (Å²) in [5, 5.41) is 12.5. The summed E-state index contributed by atoms with van der Waals surface area (Å²) in [5.74, 6) is -0.0283. The Hall–Kier alpha value is -1.20. The summed E-state index contributed by atoms with van der Waals surface area (Å²) in [7, 11) is 0. The van der Waals surface area contributed by atoms with Gasteiger partial charge in [0, 0.05) is 22.9 Å². The first-order valence-corrected chi connectivity index (χ1v) is 8.27. The van der Waals surface area contributed by atoms with Crippen LogP contribution in [0.2, 0.25) is 5.02 Å². The molecule has 114 valence electrons. The summed E-state index contributed by atoms with van der Waals surface area (Å²) in [5.41, 5.74) is -0.687. The van der Waals surface area contributed by atoms with Gasteiger partial charge in [0.05, 0.1) is 5.41 Å². The average Bonchev–Trinajstić information content (AvgIpc) is 3.24. The molecule has 2 N–H and O–H groups in total. The summed E-state index contributed by atoms with van der Waals surface area (Å²) >= 11 is 7.49. The number of aliphatic carboxylic acids is 1. The topological polar surface area (TPSA) is 66.4 Å². The molecule has 2 rings (SSSR count). The van der Waals surface area contributed by atoms with E-state index in [1.807, 2.05) is 24.3 Å². The van der Waals surface area contributed by atoms with Crippen molar-refractivity contribution in [3.05, 3.63) is 29.3 Å². The molecule has 0 saturated heterocycles. The van der Waals surface area contributed by atoms with Crippen LogP contribution in [0.5, 0.6) is 0 Å². The molecule has 0 heterocycles. The van der Waals surface area contributed by atoms with E-state index in [1.165, 1.54) is 0 Å². The zero-order valence-corrected chi connectivity index (χ0v) is 13.2. The number of halogens is 1. The van der Waals surface area contributed by atoms with Crippen molar-refractivity contribution in [3.63, 3.8) is 0 Å². The van der Waals surface area contributed by atoms with Crippen LogP contribution in [-0.4, -0.2) is 29.3 Å². The van der Waals surface area contributed by atoms with Crippen LogP contribution in [0.3, 0.4) is 0 Å². The highest BCUT2D eigenvalue weighted by atomic mass is 35.5. The molecule has 0 atom stereocenters. The minimum atomic E-state index is -0.805. The third kappa shape index (κ3) is 4.93. The monoisotopic (exact) mass is 327 g/mol. The van der Waals surface area contributed by atoms with E-state index < -0.39 is 11.4 Å². The molecule has 1 aromatic rings. The minimum absolute atomic E-state index is 0.0702. The number of hydrogen-bond acceptors (Lipinski definition) is 3. The van der Waals surface area contributed by atoms with Gasteiger partial charge in [-0.2, -0.15) is 0 Å². The standard InChI is InChI=1S/C15H18ClNO3S/c16-11-3-5-12(6-4-11)21-9-1-2-13(18)17-10-15(7-8-15)14(19)20/h3-6H,1-2,7-10H2,(H,17,18)(H,19,20). The van der Waals surface area contributed by atoms with E-state index in [0.29, 0.717) is 24.3 Å². The summed E-state index contributed by atoms with van der Waals surface area (Å²) in [6.07, 6.45) is 2.51. The molecule has 21 heavy (non-hydrogen) atoms. The Bertz CT molecular complexity index is 514. The molecule has 0 aromatic heterocycles. The van der Waals surface area contributed by atoms with Crippen molar-refractivity contribution >= 4 is 35.2 Å². The van der Waals surface area contributed by atoms with Crippen molar-refractivity contribution in [2.75, 3.05) is 12.3 Å². The van der Waals surface area contributed by atoms with E-state index in [1.54, 1.807) is 11.8 Å². The second-order valence-corrected chi connectivity index (χ2v) is 6.87. The van der Waals surface area contributed by atoms with Crippen LogP contribution in [-0.2, 0) is 9.59 Å². The lowest BCUT2D eigenvalue weighted by Gasteiger charge is -2.10. The van der Waals surface area contributed by atoms with Crippen molar-refractivity contribution in [3.8, 4) is 0 Å². The van der Waals surface area contributed by atoms with Gasteiger partial charge in [-0.3, -0.25) is 9.59 Å². The van der Waals surface area contributed by atoms with Gasteiger partial charge in [0.1, 0.15) is 0 Å². The smallest absolute Gasteiger partial charge is 0.311 e. The predicted octanol–water partition coefficient (Wildman–Crippen LogP) is 3.19. The Morgan fingerprint density at radius 2 is 1.95 bits per heavy atom. The van der Waals surface area contributed by atoms with E-state index in [0.717, 1.165) is 17.1 Å². The van der Waals surface area contributed by atoms with Crippen molar-refractivity contribution in [2.45, 2.75) is 30.6 Å². The lowest BCUT2D eigenvalue weighted by atomic mass is 10.1. The van der Waals surface area contributed by atoms with Gasteiger partial charge in [-0.25, -0.2) is 0 Å². The second-order valence-electron chi connectivity index (χ2n) is 5.27. The maximum atomic E-state index is 11.7. The van der Waals surface area contributed by atoms with Crippen molar-refractivity contribution in [1.29, 1.82) is 0 Å². The van der Waals surface area contributed by atoms with Crippen LogP contribution in [0.25, 0.3) is 0 Å². The first-order valence-electron chi connectivity index (χ1n) is 6.90. The summed E-state index contributed by atoms with van der Waals surface area (Å²) in [6, 6.07) is 7.60. The van der Waals surface area contributed by atoms with Gasteiger partial charge in [-0.15, -0.1) is 11.8 Å². The van der Waals surface area contributed by atoms with Gasteiger partial charge in [0.2, 0.25) is 5.91 Å². The molecule has 0 radical (unpaired) electrons. The van der Waals surface area contributed by atoms with Crippen molar-refractivity contribution < 1.29 is 14.7 Å². The molecule has 1 aliphatic carbocycles. The third-order valence-electron chi connectivity index (χ3n) is 3.56. The van der Waals surface area contributed by atoms with E-state index in [2.05, 4.69) is 5.32 Å². The zero-order chi connectivity index (χ0) is 15.3. The quantitative estimate of drug-likeness (QED) is 0.568. The molecule has 0 bridgehead atoms. The second kappa shape index (κ2) is 7.18. The van der Waals surface area contributed by atoms with Crippen molar-refractivity contribution in [1.82, 2.24) is 5.32 Å². The van der Waals surface area contributed by atoms with E-state index in [4.69, 9.17) is 16.7 Å². The largest absolute Gasteiger partial charge is 0.481 e. The minimum Gasteiger partial charge on any atom is -0.481 e. The maximum Gasteiger partial charge on any atom is 0.311 e. The molecule has 0 spiro atoms. The highest BCUT2D eigenvalue weighted by Gasteiger charge is 2.50. The Balaban J connectivity index is 1.59. The number of carbonyl (C=O) groups excluding carboxylic acids is 1. The molecule has 1 aromatic carbocycles. The van der Waals surface area contributed by atoms with Crippen LogP contribution in [0.1, 0.15) is 25.7 Å². The van der Waals surface area contributed by atoms with Crippen LogP contribution in [0.4, 0.5) is 0 Å². The Morgan fingerprint density at radius 3 is 2.52 bits per heavy atom. The SMILES string of the molecule is O=C(CCCSc1ccc(Cl)cc1)NCC1(C(=O)O)CC1. The third-order valence-corrected chi connectivity index (χ3v) is 4.91. The molecule has 1 amide bonds. The molecule has 1 aliphatic rings. The molecule has 1 saturated carbocycles. The molecule has 0 aliphatic heterocycles. The van der Waals surface area contributed by atoms with E-state index in [-0.39, 0.29) is 12.5 Å². The first kappa shape index (κ1) is 16.2. The number of benzene rings is 1. The number of nitrogens with one attached hydrogen (secondary N) is 1. The first-order chi connectivity index (χ1) is 10.0. The normalized spacial score (nSPS) is 15.5. The van der Waals surface area contributed by atoms with Crippen molar-refractivity contribution in [2.24, 2.45) is 5.41 Å². The van der Waals surface area contributed by atoms with Gasteiger partial charge < -0.3 is 10.4 Å². The fraction of sp³-hybridized carbons (Fsp3) is 0.467. The number of amides is 1. The van der Waals surface area contributed by atoms with Crippen LogP contribution in [0.15, 0.2) is 29.2 Å². The Labute approximate surface area is 133 Å². The molecule has 4 nitrogen and oxygen atoms in total. The maximum absolute atomic E-state index is 11.7. The lowest BCUT2D eigenvalue weighted by Crippen LogP contribution is -2.34. The predicted molar refractivity (Wildman–Crippen MR) is 83.7 cm³/mol. The number of hydrogen-bond donors (Lipinski definition) is 2. The number of carboxylic acids is 1. The summed E-state index contributed by atoms with van der Waals surface area (Å²) in [4.78, 5) is 23.8. The number of rotatable bonds is 8. The van der Waals surface area contributed by atoms with E-state index in [9.17, 15) is 9.59 Å². The average molecular weight is 328 g/mol. The fourth-order valence-electron chi connectivity index (χ4n) is 1.93. The van der Waals surface area contributed by atoms with Gasteiger partial charge in [0.15, 0.2) is 0 Å². The van der Waals surface area contributed by atoms with E-state index >= 15 is 0 Å². The molecule has 1 fully saturated rings. The van der Waals surface area contributed by atoms with Gasteiger partial charge >= 0.3 is 5.97 Å². The molecule has 0 unspecified atom stereocenters. The highest BCUT2D eigenvalue weighted by Crippen LogP contribution is 2.45. The molecular formula is C15H18ClNO3S. The van der Waals surface area contributed by atoms with Gasteiger partial charge in [-0.05, 0) is 49.3 Å². The number of carbonyl (C=O) groups is 2. The summed E-state index contributed by atoms with van der Waals surface area (Å²) in [6.45, 7) is 0.255. The lowest BCUT2D eigenvalue weighted by molar-refractivity contribution is -0.143. The highest BCUT2D eigenvalue weighted by molar-refractivity contribution is 7.99. The summed E-state index contributed by atoms with van der Waals surface area (Å²) < 4.78 is 0. The van der Waals surface area contributed by atoms with Gasteiger partial charge in [0.25, 0.3) is 0 Å². The fourth-order valence-corrected chi connectivity index (χ4v) is 2.91. The Morgan fingerprint density at radius 1 is 1.29 bits per heavy atom. The number of carboxylic acid groups (broad SMARTS) is 1. The van der Waals surface area contributed by atoms with Crippen LogP contribution < -0.4 is 5.32 Å². The van der Waals surface area contributed by atoms with Gasteiger partial charge in [-0.1, -0.05) is 11.6 Å². The van der Waals surface area contributed by atoms with Crippen LogP contribution >= 0.6 is 23.4 Å².